The summed E-state index contributed by atoms with van der Waals surface area (Å²) in [5.74, 6) is -0.371. The zero-order valence-corrected chi connectivity index (χ0v) is 20.2. The van der Waals surface area contributed by atoms with Crippen LogP contribution in [0.1, 0.15) is 12.5 Å². The van der Waals surface area contributed by atoms with Crippen molar-refractivity contribution < 1.29 is 28.5 Å². The van der Waals surface area contributed by atoms with Crippen molar-refractivity contribution in [2.24, 2.45) is 0 Å². The molecule has 0 spiro atoms. The Morgan fingerprint density at radius 2 is 1.34 bits per heavy atom. The van der Waals surface area contributed by atoms with Gasteiger partial charge in [-0.2, -0.15) is 0 Å². The zero-order valence-electron chi connectivity index (χ0n) is 19.5. The minimum Gasteiger partial charge on any atom is -0.490 e. The summed E-state index contributed by atoms with van der Waals surface area (Å²) in [5, 5.41) is 1.64. The van der Waals surface area contributed by atoms with Crippen LogP contribution in [-0.2, 0) is 16.0 Å². The molecule has 0 fully saturated rings. The third-order valence-electron chi connectivity index (χ3n) is 5.37. The van der Waals surface area contributed by atoms with E-state index >= 15 is 0 Å². The first-order valence-corrected chi connectivity index (χ1v) is 11.2. The first-order chi connectivity index (χ1) is 16.9. The van der Waals surface area contributed by atoms with Gasteiger partial charge in [0.15, 0.2) is 11.5 Å². The van der Waals surface area contributed by atoms with Gasteiger partial charge in [0.2, 0.25) is 11.5 Å². The second-order valence-corrected chi connectivity index (χ2v) is 8.16. The normalized spacial score (nSPS) is 10.6. The topological polar surface area (TPSA) is 71.1 Å². The molecule has 0 amide bonds. The predicted octanol–water partition coefficient (Wildman–Crippen LogP) is 6.25. The molecule has 0 unspecified atom stereocenters. The molecule has 178 valence electrons. The van der Waals surface area contributed by atoms with Crippen LogP contribution in [-0.4, -0.2) is 26.2 Å². The fraction of sp³-hybridized carbons (Fsp3) is 0.143. The Labute approximate surface area is 207 Å². The SMILES string of the molecule is COc1c(OC)c(OC(=O)Cc2ccc(Cl)cc2)c2ccc(-c3ccccc3)cc2c1OC(C)=O. The molecule has 7 heteroatoms. The van der Waals surface area contributed by atoms with Gasteiger partial charge in [-0.1, -0.05) is 60.1 Å². The summed E-state index contributed by atoms with van der Waals surface area (Å²) in [7, 11) is 2.85. The molecule has 0 radical (unpaired) electrons. The lowest BCUT2D eigenvalue weighted by Crippen LogP contribution is -2.13. The van der Waals surface area contributed by atoms with Crippen molar-refractivity contribution >= 4 is 34.3 Å². The van der Waals surface area contributed by atoms with Gasteiger partial charge in [0, 0.05) is 22.7 Å². The molecule has 35 heavy (non-hydrogen) atoms. The maximum absolute atomic E-state index is 12.9. The average molecular weight is 491 g/mol. The van der Waals surface area contributed by atoms with Crippen molar-refractivity contribution in [1.29, 1.82) is 0 Å². The number of hydrogen-bond acceptors (Lipinski definition) is 6. The number of rotatable bonds is 7. The van der Waals surface area contributed by atoms with Crippen LogP contribution in [0.2, 0.25) is 5.02 Å². The van der Waals surface area contributed by atoms with Crippen LogP contribution in [0.25, 0.3) is 21.9 Å². The monoisotopic (exact) mass is 490 g/mol. The Morgan fingerprint density at radius 1 is 0.714 bits per heavy atom. The van der Waals surface area contributed by atoms with Crippen LogP contribution < -0.4 is 18.9 Å². The number of benzene rings is 4. The van der Waals surface area contributed by atoms with E-state index in [0.717, 1.165) is 16.7 Å². The van der Waals surface area contributed by atoms with E-state index in [1.165, 1.54) is 21.1 Å². The van der Waals surface area contributed by atoms with E-state index in [1.807, 2.05) is 42.5 Å². The standard InChI is InChI=1S/C28H23ClO6/c1-17(30)34-26-23-16-20(19-7-5-4-6-8-19)11-14-22(23)25(27(32-2)28(26)33-3)35-24(31)15-18-9-12-21(29)13-10-18/h4-14,16H,15H2,1-3H3. The van der Waals surface area contributed by atoms with E-state index < -0.39 is 11.9 Å². The minimum absolute atomic E-state index is 0.0257. The third-order valence-corrected chi connectivity index (χ3v) is 5.62. The number of halogens is 1. The van der Waals surface area contributed by atoms with Gasteiger partial charge in [-0.25, -0.2) is 0 Å². The van der Waals surface area contributed by atoms with Crippen molar-refractivity contribution in [3.8, 4) is 34.1 Å². The van der Waals surface area contributed by atoms with Crippen LogP contribution in [0.3, 0.4) is 0 Å². The van der Waals surface area contributed by atoms with Crippen molar-refractivity contribution in [2.75, 3.05) is 14.2 Å². The van der Waals surface area contributed by atoms with Crippen LogP contribution >= 0.6 is 11.6 Å². The maximum Gasteiger partial charge on any atom is 0.315 e. The smallest absolute Gasteiger partial charge is 0.315 e. The van der Waals surface area contributed by atoms with E-state index in [2.05, 4.69) is 0 Å². The molecular formula is C28H23ClO6. The van der Waals surface area contributed by atoms with E-state index in [9.17, 15) is 9.59 Å². The van der Waals surface area contributed by atoms with Gasteiger partial charge in [0.25, 0.3) is 0 Å². The summed E-state index contributed by atoms with van der Waals surface area (Å²) in [5.41, 5.74) is 2.61. The van der Waals surface area contributed by atoms with Crippen LogP contribution in [0.5, 0.6) is 23.0 Å². The van der Waals surface area contributed by atoms with Gasteiger partial charge in [-0.15, -0.1) is 0 Å². The van der Waals surface area contributed by atoms with E-state index in [0.29, 0.717) is 15.8 Å². The van der Waals surface area contributed by atoms with Crippen LogP contribution in [0.15, 0.2) is 72.8 Å². The van der Waals surface area contributed by atoms with Crippen molar-refractivity contribution in [3.05, 3.63) is 83.4 Å². The summed E-state index contributed by atoms with van der Waals surface area (Å²) in [4.78, 5) is 24.8. The molecule has 0 aliphatic carbocycles. The number of methoxy groups -OCH3 is 2. The largest absolute Gasteiger partial charge is 0.490 e. The fourth-order valence-corrected chi connectivity index (χ4v) is 3.95. The van der Waals surface area contributed by atoms with Crippen molar-refractivity contribution in [2.45, 2.75) is 13.3 Å². The Hall–Kier alpha value is -4.03. The van der Waals surface area contributed by atoms with Gasteiger partial charge < -0.3 is 18.9 Å². The third kappa shape index (κ3) is 5.23. The van der Waals surface area contributed by atoms with Crippen LogP contribution in [0, 0.1) is 0 Å². The summed E-state index contributed by atoms with van der Waals surface area (Å²) in [6.45, 7) is 1.30. The van der Waals surface area contributed by atoms with Gasteiger partial charge in [-0.05, 0) is 41.0 Å². The molecule has 6 nitrogen and oxygen atoms in total. The second-order valence-electron chi connectivity index (χ2n) is 7.72. The molecule has 0 atom stereocenters. The molecule has 4 aromatic carbocycles. The minimum atomic E-state index is -0.524. The summed E-state index contributed by atoms with van der Waals surface area (Å²) in [6.07, 6.45) is 0.0257. The van der Waals surface area contributed by atoms with E-state index in [1.54, 1.807) is 30.3 Å². The molecular weight excluding hydrogens is 468 g/mol. The van der Waals surface area contributed by atoms with Crippen LogP contribution in [0.4, 0.5) is 0 Å². The van der Waals surface area contributed by atoms with Gasteiger partial charge in [-0.3, -0.25) is 9.59 Å². The fourth-order valence-electron chi connectivity index (χ4n) is 3.83. The van der Waals surface area contributed by atoms with Crippen molar-refractivity contribution in [3.63, 3.8) is 0 Å². The lowest BCUT2D eigenvalue weighted by atomic mass is 9.99. The highest BCUT2D eigenvalue weighted by molar-refractivity contribution is 6.30. The molecule has 0 N–H and O–H groups in total. The van der Waals surface area contributed by atoms with Crippen molar-refractivity contribution in [1.82, 2.24) is 0 Å². The highest BCUT2D eigenvalue weighted by atomic mass is 35.5. The molecule has 0 aliphatic rings. The maximum atomic E-state index is 12.9. The number of carbonyl (C=O) groups is 2. The average Bonchev–Trinajstić information content (AvgIpc) is 2.86. The molecule has 4 aromatic rings. The summed E-state index contributed by atoms with van der Waals surface area (Å²) < 4.78 is 22.5. The molecule has 0 saturated heterocycles. The molecule has 0 aromatic heterocycles. The number of ether oxygens (including phenoxy) is 4. The lowest BCUT2D eigenvalue weighted by Gasteiger charge is -2.20. The number of esters is 2. The Balaban J connectivity index is 1.87. The van der Waals surface area contributed by atoms with E-state index in [4.69, 9.17) is 30.5 Å². The first kappa shape index (κ1) is 24.1. The Kier molecular flexibility index (Phi) is 7.22. The van der Waals surface area contributed by atoms with Gasteiger partial charge in [0.05, 0.1) is 20.6 Å². The van der Waals surface area contributed by atoms with E-state index in [-0.39, 0.29) is 29.4 Å². The predicted molar refractivity (Wildman–Crippen MR) is 135 cm³/mol. The first-order valence-electron chi connectivity index (χ1n) is 10.8. The molecule has 0 aliphatic heterocycles. The summed E-state index contributed by atoms with van der Waals surface area (Å²) >= 11 is 5.94. The molecule has 0 saturated carbocycles. The highest BCUT2D eigenvalue weighted by Crippen LogP contribution is 2.52. The Bertz CT molecular complexity index is 1380. The highest BCUT2D eigenvalue weighted by Gasteiger charge is 2.26. The molecule has 4 rings (SSSR count). The number of hydrogen-bond donors (Lipinski definition) is 0. The number of carbonyl (C=O) groups excluding carboxylic acids is 2. The quantitative estimate of drug-likeness (QED) is 0.225. The Morgan fingerprint density at radius 3 is 1.94 bits per heavy atom. The molecule has 0 bridgehead atoms. The lowest BCUT2D eigenvalue weighted by molar-refractivity contribution is -0.134. The zero-order chi connectivity index (χ0) is 24.9. The van der Waals surface area contributed by atoms with Gasteiger partial charge in [0.1, 0.15) is 0 Å². The van der Waals surface area contributed by atoms with Gasteiger partial charge >= 0.3 is 11.9 Å². The summed E-state index contributed by atoms with van der Waals surface area (Å²) in [6, 6.07) is 22.3. The number of fused-ring (bicyclic) bond motifs is 1. The molecule has 0 heterocycles. The second kappa shape index (κ2) is 10.5.